The van der Waals surface area contributed by atoms with Gasteiger partial charge in [-0.05, 0) is 31.4 Å². The Balaban J connectivity index is 1.83. The van der Waals surface area contributed by atoms with Crippen molar-refractivity contribution in [2.45, 2.75) is 45.4 Å². The number of esters is 2. The van der Waals surface area contributed by atoms with E-state index in [1.807, 2.05) is 26.8 Å². The minimum absolute atomic E-state index is 0.244. The summed E-state index contributed by atoms with van der Waals surface area (Å²) in [5.74, 6) is 0.143. The Hall–Kier alpha value is -2.96. The summed E-state index contributed by atoms with van der Waals surface area (Å²) in [6.45, 7) is 9.93. The van der Waals surface area contributed by atoms with E-state index in [2.05, 4.69) is 16.7 Å². The molecule has 0 aliphatic heterocycles. The van der Waals surface area contributed by atoms with Gasteiger partial charge in [0.2, 0.25) is 11.7 Å². The number of hydrogen-bond acceptors (Lipinski definition) is 7. The average Bonchev–Trinajstić information content (AvgIpc) is 3.17. The fourth-order valence-electron chi connectivity index (χ4n) is 2.29. The molecule has 0 unspecified atom stereocenters. The first-order valence-electron chi connectivity index (χ1n) is 9.22. The second-order valence-corrected chi connectivity index (χ2v) is 7.32. The smallest absolute Gasteiger partial charge is 0.338 e. The molecule has 0 fully saturated rings. The Labute approximate surface area is 164 Å². The zero-order chi connectivity index (χ0) is 20.6. The second kappa shape index (κ2) is 9.82. The van der Waals surface area contributed by atoms with E-state index in [1.165, 1.54) is 0 Å². The number of carbonyl (C=O) groups excluding carboxylic acids is 2. The number of benzene rings is 1. The summed E-state index contributed by atoms with van der Waals surface area (Å²) in [6, 6.07) is 6.95. The molecule has 0 bridgehead atoms. The molecule has 1 heterocycles. The summed E-state index contributed by atoms with van der Waals surface area (Å²) < 4.78 is 15.5. The van der Waals surface area contributed by atoms with Crippen molar-refractivity contribution in [2.75, 3.05) is 13.2 Å². The number of aromatic nitrogens is 2. The van der Waals surface area contributed by atoms with Gasteiger partial charge in [-0.15, -0.1) is 0 Å². The normalized spacial score (nSPS) is 11.1. The summed E-state index contributed by atoms with van der Waals surface area (Å²) in [5.41, 5.74) is 0.878. The lowest BCUT2D eigenvalue weighted by atomic mass is 9.97. The second-order valence-electron chi connectivity index (χ2n) is 7.32. The molecule has 0 amide bonds. The van der Waals surface area contributed by atoms with Crippen molar-refractivity contribution in [3.8, 4) is 11.4 Å². The van der Waals surface area contributed by atoms with Crippen LogP contribution < -0.4 is 0 Å². The maximum atomic E-state index is 12.2. The van der Waals surface area contributed by atoms with Crippen LogP contribution in [0.3, 0.4) is 0 Å². The molecule has 0 saturated carbocycles. The molecule has 0 aliphatic carbocycles. The van der Waals surface area contributed by atoms with Crippen LogP contribution in [-0.2, 0) is 19.7 Å². The number of ether oxygens (including phenoxy) is 2. The van der Waals surface area contributed by atoms with Gasteiger partial charge in [0, 0.05) is 17.1 Å². The SMILES string of the molecule is C=CC(=O)OCCCCCOC(=O)c1cccc(-c2noc(C(C)(C)C)n2)c1. The first-order chi connectivity index (χ1) is 13.3. The highest BCUT2D eigenvalue weighted by Gasteiger charge is 2.22. The molecule has 7 heteroatoms. The molecule has 0 atom stereocenters. The molecule has 150 valence electrons. The Morgan fingerprint density at radius 1 is 1.14 bits per heavy atom. The molecule has 0 saturated heterocycles. The van der Waals surface area contributed by atoms with Gasteiger partial charge in [0.15, 0.2) is 0 Å². The third kappa shape index (κ3) is 6.33. The zero-order valence-corrected chi connectivity index (χ0v) is 16.6. The highest BCUT2D eigenvalue weighted by atomic mass is 16.5. The van der Waals surface area contributed by atoms with Crippen LogP contribution in [0.25, 0.3) is 11.4 Å². The van der Waals surface area contributed by atoms with E-state index in [-0.39, 0.29) is 5.41 Å². The van der Waals surface area contributed by atoms with Crippen molar-refractivity contribution in [2.24, 2.45) is 0 Å². The van der Waals surface area contributed by atoms with E-state index in [0.29, 0.717) is 48.9 Å². The first kappa shape index (κ1) is 21.3. The van der Waals surface area contributed by atoms with Crippen molar-refractivity contribution < 1.29 is 23.6 Å². The molecule has 0 aliphatic rings. The Kier molecular flexibility index (Phi) is 7.49. The Bertz CT molecular complexity index is 820. The Morgan fingerprint density at radius 3 is 2.50 bits per heavy atom. The number of nitrogens with zero attached hydrogens (tertiary/aromatic N) is 2. The summed E-state index contributed by atoms with van der Waals surface area (Å²) in [5, 5.41) is 4.00. The van der Waals surface area contributed by atoms with Crippen LogP contribution in [0.2, 0.25) is 0 Å². The third-order valence-electron chi connectivity index (χ3n) is 3.86. The van der Waals surface area contributed by atoms with E-state index in [9.17, 15) is 9.59 Å². The van der Waals surface area contributed by atoms with E-state index in [0.717, 1.165) is 12.5 Å². The van der Waals surface area contributed by atoms with Crippen molar-refractivity contribution in [3.05, 3.63) is 48.4 Å². The van der Waals surface area contributed by atoms with Crippen LogP contribution in [0.1, 0.15) is 56.3 Å². The molecule has 7 nitrogen and oxygen atoms in total. The monoisotopic (exact) mass is 386 g/mol. The topological polar surface area (TPSA) is 91.5 Å². The van der Waals surface area contributed by atoms with Crippen molar-refractivity contribution in [1.82, 2.24) is 10.1 Å². The summed E-state index contributed by atoms with van der Waals surface area (Å²) >= 11 is 0. The van der Waals surface area contributed by atoms with E-state index in [4.69, 9.17) is 14.0 Å². The molecule has 1 aromatic carbocycles. The van der Waals surface area contributed by atoms with Gasteiger partial charge in [-0.1, -0.05) is 44.6 Å². The van der Waals surface area contributed by atoms with Crippen LogP contribution in [0.5, 0.6) is 0 Å². The van der Waals surface area contributed by atoms with E-state index >= 15 is 0 Å². The van der Waals surface area contributed by atoms with Gasteiger partial charge in [0.05, 0.1) is 18.8 Å². The standard InChI is InChI=1S/C21H26N2O5/c1-5-17(24)26-12-7-6-8-13-27-19(25)16-11-9-10-15(14-16)18-22-20(28-23-18)21(2,3)4/h5,9-11,14H,1,6-8,12-13H2,2-4H3. The Morgan fingerprint density at radius 2 is 1.86 bits per heavy atom. The van der Waals surface area contributed by atoms with Gasteiger partial charge < -0.3 is 14.0 Å². The van der Waals surface area contributed by atoms with Crippen LogP contribution in [0.4, 0.5) is 0 Å². The number of rotatable bonds is 9. The van der Waals surface area contributed by atoms with Crippen molar-refractivity contribution >= 4 is 11.9 Å². The zero-order valence-electron chi connectivity index (χ0n) is 16.6. The number of unbranched alkanes of at least 4 members (excludes halogenated alkanes) is 2. The molecule has 1 aromatic heterocycles. The van der Waals surface area contributed by atoms with Gasteiger partial charge in [-0.2, -0.15) is 4.98 Å². The third-order valence-corrected chi connectivity index (χ3v) is 3.86. The molecular formula is C21H26N2O5. The van der Waals surface area contributed by atoms with Gasteiger partial charge in [0.25, 0.3) is 0 Å². The highest BCUT2D eigenvalue weighted by molar-refractivity contribution is 5.90. The van der Waals surface area contributed by atoms with Gasteiger partial charge in [0.1, 0.15) is 0 Å². The predicted octanol–water partition coefficient (Wildman–Crippen LogP) is 4.09. The van der Waals surface area contributed by atoms with E-state index < -0.39 is 11.9 Å². The summed E-state index contributed by atoms with van der Waals surface area (Å²) in [4.78, 5) is 27.5. The minimum atomic E-state index is -0.428. The fourth-order valence-corrected chi connectivity index (χ4v) is 2.29. The summed E-state index contributed by atoms with van der Waals surface area (Å²) in [7, 11) is 0. The largest absolute Gasteiger partial charge is 0.463 e. The highest BCUT2D eigenvalue weighted by Crippen LogP contribution is 2.24. The molecule has 2 aromatic rings. The molecule has 0 N–H and O–H groups in total. The average molecular weight is 386 g/mol. The maximum absolute atomic E-state index is 12.2. The predicted molar refractivity (Wildman–Crippen MR) is 104 cm³/mol. The van der Waals surface area contributed by atoms with Crippen LogP contribution >= 0.6 is 0 Å². The van der Waals surface area contributed by atoms with E-state index in [1.54, 1.807) is 18.2 Å². The number of carbonyl (C=O) groups is 2. The molecule has 28 heavy (non-hydrogen) atoms. The van der Waals surface area contributed by atoms with Gasteiger partial charge in [-0.3, -0.25) is 0 Å². The van der Waals surface area contributed by atoms with Crippen molar-refractivity contribution in [1.29, 1.82) is 0 Å². The summed E-state index contributed by atoms with van der Waals surface area (Å²) in [6.07, 6.45) is 3.32. The van der Waals surface area contributed by atoms with Gasteiger partial charge >= 0.3 is 11.9 Å². The quantitative estimate of drug-likeness (QED) is 0.364. The first-order valence-corrected chi connectivity index (χ1v) is 9.22. The minimum Gasteiger partial charge on any atom is -0.463 e. The molecule has 0 spiro atoms. The lowest BCUT2D eigenvalue weighted by molar-refractivity contribution is -0.137. The van der Waals surface area contributed by atoms with Crippen LogP contribution in [0, 0.1) is 0 Å². The lowest BCUT2D eigenvalue weighted by Gasteiger charge is -2.10. The van der Waals surface area contributed by atoms with Crippen LogP contribution in [0.15, 0.2) is 41.4 Å². The molecule has 2 rings (SSSR count). The molecular weight excluding hydrogens is 360 g/mol. The van der Waals surface area contributed by atoms with Gasteiger partial charge in [-0.25, -0.2) is 9.59 Å². The lowest BCUT2D eigenvalue weighted by Crippen LogP contribution is -2.11. The number of hydrogen-bond donors (Lipinski definition) is 0. The van der Waals surface area contributed by atoms with Crippen LogP contribution in [-0.4, -0.2) is 35.3 Å². The van der Waals surface area contributed by atoms with Crippen molar-refractivity contribution in [3.63, 3.8) is 0 Å². The molecule has 0 radical (unpaired) electrons. The maximum Gasteiger partial charge on any atom is 0.338 e. The fraction of sp³-hybridized carbons (Fsp3) is 0.429.